The molecule has 1 aromatic carbocycles. The highest BCUT2D eigenvalue weighted by Crippen LogP contribution is 2.21. The molecular formula is C32H58N6O. The molecule has 1 aromatic heterocycles. The predicted molar refractivity (Wildman–Crippen MR) is 168 cm³/mol. The van der Waals surface area contributed by atoms with Gasteiger partial charge in [0.2, 0.25) is 11.9 Å². The summed E-state index contributed by atoms with van der Waals surface area (Å²) in [4.78, 5) is 16.0. The molecule has 7 nitrogen and oxygen atoms in total. The van der Waals surface area contributed by atoms with Crippen molar-refractivity contribution in [3.8, 4) is 5.75 Å². The van der Waals surface area contributed by atoms with Gasteiger partial charge in [-0.15, -0.1) is 0 Å². The minimum atomic E-state index is 0. The lowest BCUT2D eigenvalue weighted by atomic mass is 10.1. The summed E-state index contributed by atoms with van der Waals surface area (Å²) in [6, 6.07) is 7.68. The summed E-state index contributed by atoms with van der Waals surface area (Å²) in [5, 5.41) is 6.85. The average Bonchev–Trinajstić information content (AvgIpc) is 3.25. The van der Waals surface area contributed by atoms with Gasteiger partial charge in [-0.05, 0) is 82.7 Å². The number of aryl methyl sites for hydroxylation is 2. The molecule has 39 heavy (non-hydrogen) atoms. The molecule has 1 saturated heterocycles. The molecule has 1 atom stereocenters. The Kier molecular flexibility index (Phi) is 17.4. The first-order chi connectivity index (χ1) is 18.5. The topological polar surface area (TPSA) is 75.2 Å². The maximum absolute atomic E-state index is 5.32. The highest BCUT2D eigenvalue weighted by atomic mass is 16.5. The predicted octanol–water partition coefficient (Wildman–Crippen LogP) is 7.83. The number of rotatable bonds is 9. The van der Waals surface area contributed by atoms with E-state index in [-0.39, 0.29) is 7.43 Å². The van der Waals surface area contributed by atoms with Crippen molar-refractivity contribution in [2.24, 2.45) is 0 Å². The Labute approximate surface area is 240 Å². The number of likely N-dealkylation sites (tertiary alicyclic amines) is 1. The number of hydrogen-bond acceptors (Lipinski definition) is 7. The van der Waals surface area contributed by atoms with E-state index in [1.54, 1.807) is 7.11 Å². The fourth-order valence-corrected chi connectivity index (χ4v) is 5.42. The second-order valence-corrected chi connectivity index (χ2v) is 10.2. The Hall–Kier alpha value is -2.41. The number of ether oxygens (including phenoxy) is 1. The van der Waals surface area contributed by atoms with Crippen LogP contribution in [0.25, 0.3) is 0 Å². The molecule has 222 valence electrons. The van der Waals surface area contributed by atoms with Crippen molar-refractivity contribution in [1.82, 2.24) is 19.9 Å². The van der Waals surface area contributed by atoms with Crippen molar-refractivity contribution in [2.45, 2.75) is 125 Å². The van der Waals surface area contributed by atoms with Crippen LogP contribution in [0.15, 0.2) is 18.2 Å². The van der Waals surface area contributed by atoms with Crippen molar-refractivity contribution >= 4 is 11.9 Å². The second kappa shape index (κ2) is 19.6. The lowest BCUT2D eigenvalue weighted by molar-refractivity contribution is 0.262. The first-order valence-electron chi connectivity index (χ1n) is 15.1. The molecule has 4 rings (SSSR count). The smallest absolute Gasteiger partial charge is 0.227 e. The van der Waals surface area contributed by atoms with E-state index in [2.05, 4.69) is 63.4 Å². The number of hydrogen-bond donors (Lipinski definition) is 2. The Bertz CT molecular complexity index is 904. The van der Waals surface area contributed by atoms with Gasteiger partial charge in [0, 0.05) is 18.6 Å². The van der Waals surface area contributed by atoms with Gasteiger partial charge in [0.15, 0.2) is 0 Å². The SMILES string of the molecule is C.CC.CCC1CCCN1CC.COc1ccc(CCNc2nc(C)nc(NC3CCCCCC3)n2)cc1C. The third-order valence-electron chi connectivity index (χ3n) is 7.47. The van der Waals surface area contributed by atoms with Crippen molar-refractivity contribution in [3.05, 3.63) is 35.2 Å². The largest absolute Gasteiger partial charge is 0.496 e. The van der Waals surface area contributed by atoms with Gasteiger partial charge in [-0.2, -0.15) is 15.0 Å². The summed E-state index contributed by atoms with van der Waals surface area (Å²) < 4.78 is 5.32. The van der Waals surface area contributed by atoms with E-state index in [0.29, 0.717) is 17.9 Å². The van der Waals surface area contributed by atoms with E-state index in [0.717, 1.165) is 36.1 Å². The summed E-state index contributed by atoms with van der Waals surface area (Å²) in [7, 11) is 1.70. The van der Waals surface area contributed by atoms with E-state index in [1.807, 2.05) is 26.8 Å². The van der Waals surface area contributed by atoms with Gasteiger partial charge >= 0.3 is 0 Å². The number of nitrogens with one attached hydrogen (secondary N) is 2. The van der Waals surface area contributed by atoms with Crippen LogP contribution in [0, 0.1) is 13.8 Å². The molecule has 2 aliphatic rings. The molecule has 2 fully saturated rings. The lowest BCUT2D eigenvalue weighted by Crippen LogP contribution is -2.28. The zero-order chi connectivity index (χ0) is 27.8. The van der Waals surface area contributed by atoms with Gasteiger partial charge in [0.25, 0.3) is 0 Å². The monoisotopic (exact) mass is 542 g/mol. The van der Waals surface area contributed by atoms with E-state index >= 15 is 0 Å². The van der Waals surface area contributed by atoms with Gasteiger partial charge in [-0.3, -0.25) is 0 Å². The molecule has 1 saturated carbocycles. The molecule has 2 heterocycles. The van der Waals surface area contributed by atoms with Crippen LogP contribution in [0.2, 0.25) is 0 Å². The summed E-state index contributed by atoms with van der Waals surface area (Å²) in [6.45, 7) is 15.9. The highest BCUT2D eigenvalue weighted by Gasteiger charge is 2.20. The first kappa shape index (κ1) is 34.6. The molecule has 0 amide bonds. The maximum Gasteiger partial charge on any atom is 0.227 e. The third kappa shape index (κ3) is 12.1. The molecule has 2 N–H and O–H groups in total. The Morgan fingerprint density at radius 3 is 2.21 bits per heavy atom. The second-order valence-electron chi connectivity index (χ2n) is 10.2. The molecule has 2 aromatic rings. The van der Waals surface area contributed by atoms with Crippen LogP contribution in [0.5, 0.6) is 5.75 Å². The van der Waals surface area contributed by atoms with Crippen molar-refractivity contribution in [2.75, 3.05) is 37.4 Å². The van der Waals surface area contributed by atoms with E-state index in [9.17, 15) is 0 Å². The van der Waals surface area contributed by atoms with Crippen LogP contribution in [0.4, 0.5) is 11.9 Å². The average molecular weight is 543 g/mol. The molecule has 1 aliphatic heterocycles. The van der Waals surface area contributed by atoms with Crippen LogP contribution in [0.1, 0.15) is 110 Å². The molecule has 1 unspecified atom stereocenters. The zero-order valence-electron chi connectivity index (χ0n) is 25.3. The fourth-order valence-electron chi connectivity index (χ4n) is 5.42. The molecule has 1 aliphatic carbocycles. The minimum Gasteiger partial charge on any atom is -0.496 e. The number of nitrogens with zero attached hydrogens (tertiary/aromatic N) is 4. The highest BCUT2D eigenvalue weighted by molar-refractivity contribution is 5.38. The number of anilines is 2. The van der Waals surface area contributed by atoms with Crippen LogP contribution in [-0.2, 0) is 6.42 Å². The van der Waals surface area contributed by atoms with Crippen LogP contribution < -0.4 is 15.4 Å². The minimum absolute atomic E-state index is 0. The van der Waals surface area contributed by atoms with Gasteiger partial charge < -0.3 is 20.3 Å². The molecule has 0 bridgehead atoms. The Morgan fingerprint density at radius 1 is 0.923 bits per heavy atom. The van der Waals surface area contributed by atoms with Gasteiger partial charge in [0.05, 0.1) is 7.11 Å². The van der Waals surface area contributed by atoms with Crippen molar-refractivity contribution < 1.29 is 4.74 Å². The van der Waals surface area contributed by atoms with Crippen LogP contribution >= 0.6 is 0 Å². The van der Waals surface area contributed by atoms with Gasteiger partial charge in [-0.1, -0.05) is 72.9 Å². The molecular weight excluding hydrogens is 484 g/mol. The summed E-state index contributed by atoms with van der Waals surface area (Å²) in [5.74, 6) is 3.00. The van der Waals surface area contributed by atoms with Crippen LogP contribution in [-0.4, -0.2) is 58.7 Å². The van der Waals surface area contributed by atoms with E-state index in [1.165, 1.54) is 76.4 Å². The number of aromatic nitrogens is 3. The molecule has 0 spiro atoms. The molecule has 7 heteroatoms. The molecule has 0 radical (unpaired) electrons. The van der Waals surface area contributed by atoms with E-state index in [4.69, 9.17) is 4.74 Å². The third-order valence-corrected chi connectivity index (χ3v) is 7.47. The fraction of sp³-hybridized carbons (Fsp3) is 0.719. The van der Waals surface area contributed by atoms with Gasteiger partial charge in [-0.25, -0.2) is 0 Å². The zero-order valence-corrected chi connectivity index (χ0v) is 25.3. The quantitative estimate of drug-likeness (QED) is 0.313. The van der Waals surface area contributed by atoms with Crippen LogP contribution in [0.3, 0.4) is 0 Å². The normalized spacial score (nSPS) is 17.5. The summed E-state index contributed by atoms with van der Waals surface area (Å²) >= 11 is 0. The maximum atomic E-state index is 5.32. The summed E-state index contributed by atoms with van der Waals surface area (Å²) in [5.41, 5.74) is 2.42. The van der Waals surface area contributed by atoms with Gasteiger partial charge in [0.1, 0.15) is 11.6 Å². The van der Waals surface area contributed by atoms with E-state index < -0.39 is 0 Å². The standard InChI is InChI=1S/C21H31N5O.C8H17N.C2H6.CH4/c1-15-14-17(10-11-19(15)27-3)12-13-22-20-23-16(2)24-21(26-20)25-18-8-6-4-5-7-9-18;1-3-8-6-5-7-9(8)4-2;1-2;/h10-11,14,18H,4-9,12-13H2,1-3H3,(H2,22,23,24,25,26);8H,3-7H2,1-2H3;1-2H3;1H4. The Balaban J connectivity index is 0.000000535. The summed E-state index contributed by atoms with van der Waals surface area (Å²) in [6.07, 6.45) is 12.8. The number of methoxy groups -OCH3 is 1. The Morgan fingerprint density at radius 2 is 1.62 bits per heavy atom. The first-order valence-corrected chi connectivity index (χ1v) is 15.1. The lowest BCUT2D eigenvalue weighted by Gasteiger charge is -2.20. The van der Waals surface area contributed by atoms with Crippen molar-refractivity contribution in [1.29, 1.82) is 0 Å². The van der Waals surface area contributed by atoms with Crippen molar-refractivity contribution in [3.63, 3.8) is 0 Å². The number of benzene rings is 1.